The number of benzene rings is 1. The Morgan fingerprint density at radius 3 is 2.75 bits per heavy atom. The molecule has 0 saturated carbocycles. The first kappa shape index (κ1) is 15.9. The number of rotatable bonds is 7. The van der Waals surface area contributed by atoms with Gasteiger partial charge in [-0.1, -0.05) is 6.92 Å². The highest BCUT2D eigenvalue weighted by atomic mass is 16.6. The third-order valence-electron chi connectivity index (χ3n) is 3.29. The summed E-state index contributed by atoms with van der Waals surface area (Å²) in [5, 5.41) is 19.9. The summed E-state index contributed by atoms with van der Waals surface area (Å²) in [6.45, 7) is 5.30. The lowest BCUT2D eigenvalue weighted by Crippen LogP contribution is -2.35. The maximum atomic E-state index is 11.0. The fourth-order valence-corrected chi connectivity index (χ4v) is 1.96. The van der Waals surface area contributed by atoms with Crippen LogP contribution in [-0.4, -0.2) is 31.2 Å². The van der Waals surface area contributed by atoms with E-state index in [0.717, 1.165) is 12.1 Å². The van der Waals surface area contributed by atoms with Crippen LogP contribution in [0.4, 0.5) is 11.4 Å². The third-order valence-corrected chi connectivity index (χ3v) is 3.29. The van der Waals surface area contributed by atoms with Gasteiger partial charge >= 0.3 is 0 Å². The van der Waals surface area contributed by atoms with Gasteiger partial charge in [0.15, 0.2) is 0 Å². The lowest BCUT2D eigenvalue weighted by atomic mass is 10.1. The summed E-state index contributed by atoms with van der Waals surface area (Å²) in [6.07, 6.45) is 0.914. The van der Waals surface area contributed by atoms with E-state index in [9.17, 15) is 10.1 Å². The van der Waals surface area contributed by atoms with Gasteiger partial charge in [-0.15, -0.1) is 0 Å². The zero-order valence-corrected chi connectivity index (χ0v) is 12.0. The number of methoxy groups -OCH3 is 1. The van der Waals surface area contributed by atoms with E-state index in [1.54, 1.807) is 13.2 Å². The lowest BCUT2D eigenvalue weighted by Gasteiger charge is -2.30. The predicted octanol–water partition coefficient (Wildman–Crippen LogP) is 2.72. The summed E-state index contributed by atoms with van der Waals surface area (Å²) in [4.78, 5) is 12.6. The van der Waals surface area contributed by atoms with Crippen molar-refractivity contribution in [2.45, 2.75) is 26.3 Å². The molecule has 1 rings (SSSR count). The molecule has 0 aliphatic rings. The minimum Gasteiger partial charge on any atom is -0.383 e. The molecule has 0 amide bonds. The second-order valence-electron chi connectivity index (χ2n) is 4.51. The van der Waals surface area contributed by atoms with E-state index in [2.05, 4.69) is 18.7 Å². The highest BCUT2D eigenvalue weighted by Gasteiger charge is 2.19. The van der Waals surface area contributed by atoms with E-state index < -0.39 is 4.92 Å². The molecule has 0 aliphatic carbocycles. The Hall–Kier alpha value is -2.13. The molecule has 20 heavy (non-hydrogen) atoms. The molecule has 0 N–H and O–H groups in total. The minimum absolute atomic E-state index is 0.0783. The molecule has 0 bridgehead atoms. The number of nitro groups is 1. The third kappa shape index (κ3) is 3.68. The molecular weight excluding hydrogens is 258 g/mol. The average Bonchev–Trinajstić information content (AvgIpc) is 2.46. The Morgan fingerprint density at radius 1 is 1.55 bits per heavy atom. The van der Waals surface area contributed by atoms with Gasteiger partial charge in [0.2, 0.25) is 0 Å². The zero-order valence-electron chi connectivity index (χ0n) is 12.0. The highest BCUT2D eigenvalue weighted by Crippen LogP contribution is 2.26. The Kier molecular flexibility index (Phi) is 5.94. The Balaban J connectivity index is 3.17. The van der Waals surface area contributed by atoms with Gasteiger partial charge in [0.05, 0.1) is 11.5 Å². The van der Waals surface area contributed by atoms with E-state index in [1.807, 2.05) is 6.07 Å². The topological polar surface area (TPSA) is 79.4 Å². The summed E-state index contributed by atoms with van der Waals surface area (Å²) in [5.74, 6) is 0. The summed E-state index contributed by atoms with van der Waals surface area (Å²) in [5.41, 5.74) is 0.660. The average molecular weight is 277 g/mol. The number of hydrogen-bond acceptors (Lipinski definition) is 5. The van der Waals surface area contributed by atoms with Gasteiger partial charge < -0.3 is 9.64 Å². The van der Waals surface area contributed by atoms with Crippen molar-refractivity contribution >= 4 is 11.4 Å². The fraction of sp³-hybridized carbons (Fsp3) is 0.500. The van der Waals surface area contributed by atoms with Crippen LogP contribution in [0.1, 0.15) is 25.8 Å². The van der Waals surface area contributed by atoms with Crippen LogP contribution in [0.5, 0.6) is 0 Å². The second kappa shape index (κ2) is 7.46. The van der Waals surface area contributed by atoms with Crippen molar-refractivity contribution < 1.29 is 9.66 Å². The zero-order chi connectivity index (χ0) is 15.1. The molecule has 0 aromatic heterocycles. The first-order valence-corrected chi connectivity index (χ1v) is 6.49. The SMILES string of the molecule is CCC(C)N(CCOC)c1ccc(C#N)c([N+](=O)[O-])c1. The number of anilines is 1. The van der Waals surface area contributed by atoms with Crippen molar-refractivity contribution in [3.05, 3.63) is 33.9 Å². The van der Waals surface area contributed by atoms with Crippen molar-refractivity contribution in [3.63, 3.8) is 0 Å². The van der Waals surface area contributed by atoms with Crippen molar-refractivity contribution in [1.82, 2.24) is 0 Å². The maximum Gasteiger partial charge on any atom is 0.289 e. The van der Waals surface area contributed by atoms with Gasteiger partial charge in [-0.2, -0.15) is 5.26 Å². The van der Waals surface area contributed by atoms with Gasteiger partial charge in [-0.05, 0) is 25.5 Å². The quantitative estimate of drug-likeness (QED) is 0.565. The number of nitriles is 1. The molecule has 0 spiro atoms. The summed E-state index contributed by atoms with van der Waals surface area (Å²) in [6, 6.07) is 6.78. The van der Waals surface area contributed by atoms with E-state index in [-0.39, 0.29) is 17.3 Å². The lowest BCUT2D eigenvalue weighted by molar-refractivity contribution is -0.385. The van der Waals surface area contributed by atoms with Gasteiger partial charge in [0.25, 0.3) is 5.69 Å². The first-order valence-electron chi connectivity index (χ1n) is 6.49. The number of nitro benzene ring substituents is 1. The molecule has 1 unspecified atom stereocenters. The predicted molar refractivity (Wildman–Crippen MR) is 76.8 cm³/mol. The molecule has 0 heterocycles. The van der Waals surface area contributed by atoms with Crippen LogP contribution in [0, 0.1) is 21.4 Å². The molecule has 1 atom stereocenters. The maximum absolute atomic E-state index is 11.0. The van der Waals surface area contributed by atoms with Gasteiger partial charge in [0.1, 0.15) is 11.6 Å². The summed E-state index contributed by atoms with van der Waals surface area (Å²) < 4.78 is 5.08. The van der Waals surface area contributed by atoms with E-state index in [0.29, 0.717) is 13.2 Å². The molecule has 0 radical (unpaired) electrons. The molecule has 6 nitrogen and oxygen atoms in total. The van der Waals surface area contributed by atoms with Crippen molar-refractivity contribution in [3.8, 4) is 6.07 Å². The smallest absolute Gasteiger partial charge is 0.289 e. The molecule has 0 aliphatic heterocycles. The molecule has 1 aromatic rings. The van der Waals surface area contributed by atoms with Crippen LogP contribution in [0.25, 0.3) is 0 Å². The van der Waals surface area contributed by atoms with Crippen LogP contribution < -0.4 is 4.90 Å². The van der Waals surface area contributed by atoms with Gasteiger partial charge in [-0.3, -0.25) is 10.1 Å². The van der Waals surface area contributed by atoms with Crippen LogP contribution >= 0.6 is 0 Å². The largest absolute Gasteiger partial charge is 0.383 e. The molecule has 0 saturated heterocycles. The van der Waals surface area contributed by atoms with E-state index in [4.69, 9.17) is 10.00 Å². The standard InChI is InChI=1S/C14H19N3O3/c1-4-11(2)16(7-8-20-3)13-6-5-12(10-15)14(9-13)17(18)19/h5-6,9,11H,4,7-8H2,1-3H3. The molecule has 1 aromatic carbocycles. The Labute approximate surface area is 118 Å². The van der Waals surface area contributed by atoms with Crippen molar-refractivity contribution in [1.29, 1.82) is 5.26 Å². The monoisotopic (exact) mass is 277 g/mol. The summed E-state index contributed by atoms with van der Waals surface area (Å²) in [7, 11) is 1.62. The van der Waals surface area contributed by atoms with E-state index in [1.165, 1.54) is 12.1 Å². The number of ether oxygens (including phenoxy) is 1. The molecular formula is C14H19N3O3. The van der Waals surface area contributed by atoms with Crippen molar-refractivity contribution in [2.24, 2.45) is 0 Å². The van der Waals surface area contributed by atoms with Gasteiger partial charge in [0, 0.05) is 31.5 Å². The number of hydrogen-bond donors (Lipinski definition) is 0. The normalized spacial score (nSPS) is 11.7. The first-order chi connectivity index (χ1) is 9.54. The molecule has 0 fully saturated rings. The number of nitrogens with zero attached hydrogens (tertiary/aromatic N) is 3. The second-order valence-corrected chi connectivity index (χ2v) is 4.51. The highest BCUT2D eigenvalue weighted by molar-refractivity contribution is 5.60. The van der Waals surface area contributed by atoms with Gasteiger partial charge in [-0.25, -0.2) is 0 Å². The Bertz CT molecular complexity index is 511. The molecule has 108 valence electrons. The van der Waals surface area contributed by atoms with Crippen LogP contribution in [0.2, 0.25) is 0 Å². The van der Waals surface area contributed by atoms with E-state index >= 15 is 0 Å². The van der Waals surface area contributed by atoms with Crippen LogP contribution in [0.3, 0.4) is 0 Å². The van der Waals surface area contributed by atoms with Crippen LogP contribution in [-0.2, 0) is 4.74 Å². The minimum atomic E-state index is -0.521. The summed E-state index contributed by atoms with van der Waals surface area (Å²) >= 11 is 0. The fourth-order valence-electron chi connectivity index (χ4n) is 1.96. The molecule has 6 heteroatoms. The Morgan fingerprint density at radius 2 is 2.25 bits per heavy atom. The van der Waals surface area contributed by atoms with Crippen LogP contribution in [0.15, 0.2) is 18.2 Å². The van der Waals surface area contributed by atoms with Crippen molar-refractivity contribution in [2.75, 3.05) is 25.2 Å².